The van der Waals surface area contributed by atoms with E-state index in [-0.39, 0.29) is 35.9 Å². The van der Waals surface area contributed by atoms with Crippen molar-refractivity contribution in [2.45, 2.75) is 39.5 Å². The fourth-order valence-corrected chi connectivity index (χ4v) is 2.97. The molecule has 0 saturated carbocycles. The Balaban J connectivity index is 2.37. The number of hydrogen-bond donors (Lipinski definition) is 1. The van der Waals surface area contributed by atoms with Gasteiger partial charge in [0.05, 0.1) is 0 Å². The molecule has 0 aliphatic carbocycles. The summed E-state index contributed by atoms with van der Waals surface area (Å²) in [5.74, 6) is -0.760. The molecule has 2 unspecified atom stereocenters. The Kier molecular flexibility index (Phi) is 4.21. The Morgan fingerprint density at radius 2 is 2.05 bits per heavy atom. The molecule has 0 spiro atoms. The summed E-state index contributed by atoms with van der Waals surface area (Å²) in [6.07, 6.45) is 1.01. The molecule has 2 rings (SSSR count). The minimum atomic E-state index is -0.293. The number of rotatable bonds is 3. The number of piperidine rings is 1. The standard InChI is InChI=1S/C16H20FNO2/c1-9(2)6-14-13(8-15(19)18-16(14)20)12-5-4-11(17)7-10(12)3/h4-5,7,9,13-14H,6,8H2,1-3H3,(H,18,19,20). The van der Waals surface area contributed by atoms with Crippen LogP contribution in [0.4, 0.5) is 4.39 Å². The number of benzene rings is 1. The highest BCUT2D eigenvalue weighted by atomic mass is 19.1. The average Bonchev–Trinajstić information content (AvgIpc) is 2.32. The fourth-order valence-electron chi connectivity index (χ4n) is 2.97. The van der Waals surface area contributed by atoms with Gasteiger partial charge >= 0.3 is 0 Å². The number of aryl methyl sites for hydroxylation is 1. The normalized spacial score (nSPS) is 23.1. The molecular formula is C16H20FNO2. The zero-order valence-electron chi connectivity index (χ0n) is 12.1. The quantitative estimate of drug-likeness (QED) is 0.863. The van der Waals surface area contributed by atoms with Crippen LogP contribution in [0.1, 0.15) is 43.7 Å². The maximum atomic E-state index is 13.2. The highest BCUT2D eigenvalue weighted by Gasteiger charge is 2.37. The molecule has 3 nitrogen and oxygen atoms in total. The molecule has 20 heavy (non-hydrogen) atoms. The predicted octanol–water partition coefficient (Wildman–Crippen LogP) is 2.93. The maximum absolute atomic E-state index is 13.2. The van der Waals surface area contributed by atoms with E-state index >= 15 is 0 Å². The lowest BCUT2D eigenvalue weighted by Crippen LogP contribution is -2.45. The summed E-state index contributed by atoms with van der Waals surface area (Å²) in [6.45, 7) is 5.93. The second kappa shape index (κ2) is 5.73. The number of imide groups is 1. The Morgan fingerprint density at radius 1 is 1.35 bits per heavy atom. The summed E-state index contributed by atoms with van der Waals surface area (Å²) < 4.78 is 13.2. The van der Waals surface area contributed by atoms with E-state index < -0.39 is 0 Å². The predicted molar refractivity (Wildman–Crippen MR) is 74.6 cm³/mol. The highest BCUT2D eigenvalue weighted by molar-refractivity contribution is 5.99. The third-order valence-corrected chi connectivity index (χ3v) is 3.85. The van der Waals surface area contributed by atoms with E-state index in [1.54, 1.807) is 6.07 Å². The Hall–Kier alpha value is -1.71. The molecule has 1 aliphatic rings. The smallest absolute Gasteiger partial charge is 0.230 e. The SMILES string of the molecule is Cc1cc(F)ccc1C1CC(=O)NC(=O)C1CC(C)C. The van der Waals surface area contributed by atoms with Gasteiger partial charge < -0.3 is 0 Å². The van der Waals surface area contributed by atoms with Gasteiger partial charge in [-0.2, -0.15) is 0 Å². The fraction of sp³-hybridized carbons (Fsp3) is 0.500. The highest BCUT2D eigenvalue weighted by Crippen LogP contribution is 2.36. The maximum Gasteiger partial charge on any atom is 0.230 e. The lowest BCUT2D eigenvalue weighted by Gasteiger charge is -2.32. The Labute approximate surface area is 118 Å². The number of carbonyl (C=O) groups excluding carboxylic acids is 2. The van der Waals surface area contributed by atoms with Crippen LogP contribution in [0.5, 0.6) is 0 Å². The van der Waals surface area contributed by atoms with Crippen LogP contribution in [0.2, 0.25) is 0 Å². The van der Waals surface area contributed by atoms with Crippen molar-refractivity contribution in [3.8, 4) is 0 Å². The summed E-state index contributed by atoms with van der Waals surface area (Å²) in [5.41, 5.74) is 1.70. The van der Waals surface area contributed by atoms with Crippen molar-refractivity contribution < 1.29 is 14.0 Å². The van der Waals surface area contributed by atoms with Crippen LogP contribution in [0.3, 0.4) is 0 Å². The van der Waals surface area contributed by atoms with E-state index in [2.05, 4.69) is 19.2 Å². The van der Waals surface area contributed by atoms with Crippen molar-refractivity contribution in [3.63, 3.8) is 0 Å². The van der Waals surface area contributed by atoms with E-state index in [1.165, 1.54) is 12.1 Å². The summed E-state index contributed by atoms with van der Waals surface area (Å²) in [4.78, 5) is 23.8. The minimum absolute atomic E-state index is 0.153. The van der Waals surface area contributed by atoms with Crippen molar-refractivity contribution in [2.24, 2.45) is 11.8 Å². The lowest BCUT2D eigenvalue weighted by atomic mass is 9.75. The molecule has 108 valence electrons. The van der Waals surface area contributed by atoms with E-state index in [9.17, 15) is 14.0 Å². The number of amides is 2. The van der Waals surface area contributed by atoms with Crippen molar-refractivity contribution in [1.82, 2.24) is 5.32 Å². The van der Waals surface area contributed by atoms with E-state index in [0.29, 0.717) is 5.92 Å². The Bertz CT molecular complexity index is 539. The molecule has 2 amide bonds. The van der Waals surface area contributed by atoms with Crippen LogP contribution in [0.25, 0.3) is 0 Å². The molecule has 0 aromatic heterocycles. The van der Waals surface area contributed by atoms with Crippen molar-refractivity contribution in [1.29, 1.82) is 0 Å². The molecule has 1 fully saturated rings. The third kappa shape index (κ3) is 3.06. The van der Waals surface area contributed by atoms with Gasteiger partial charge in [0, 0.05) is 18.3 Å². The van der Waals surface area contributed by atoms with Gasteiger partial charge in [-0.1, -0.05) is 19.9 Å². The van der Waals surface area contributed by atoms with Gasteiger partial charge in [-0.05, 0) is 42.5 Å². The molecule has 0 radical (unpaired) electrons. The second-order valence-electron chi connectivity index (χ2n) is 5.96. The molecule has 2 atom stereocenters. The summed E-state index contributed by atoms with van der Waals surface area (Å²) in [5, 5.41) is 2.41. The molecule has 4 heteroatoms. The first kappa shape index (κ1) is 14.7. The van der Waals surface area contributed by atoms with Crippen LogP contribution in [0, 0.1) is 24.6 Å². The van der Waals surface area contributed by atoms with Gasteiger partial charge in [0.15, 0.2) is 0 Å². The van der Waals surface area contributed by atoms with E-state index in [1.807, 2.05) is 6.92 Å². The topological polar surface area (TPSA) is 46.2 Å². The van der Waals surface area contributed by atoms with Crippen LogP contribution >= 0.6 is 0 Å². The van der Waals surface area contributed by atoms with Gasteiger partial charge in [0.1, 0.15) is 5.82 Å². The van der Waals surface area contributed by atoms with Crippen molar-refractivity contribution in [3.05, 3.63) is 35.1 Å². The number of halogens is 1. The molecule has 1 aliphatic heterocycles. The number of hydrogen-bond acceptors (Lipinski definition) is 2. The molecule has 1 aromatic carbocycles. The number of carbonyl (C=O) groups is 2. The first-order valence-corrected chi connectivity index (χ1v) is 6.98. The summed E-state index contributed by atoms with van der Waals surface area (Å²) >= 11 is 0. The summed E-state index contributed by atoms with van der Waals surface area (Å²) in [7, 11) is 0. The van der Waals surface area contributed by atoms with Crippen LogP contribution in [-0.4, -0.2) is 11.8 Å². The molecule has 0 bridgehead atoms. The number of nitrogens with one attached hydrogen (secondary N) is 1. The van der Waals surface area contributed by atoms with Crippen molar-refractivity contribution >= 4 is 11.8 Å². The van der Waals surface area contributed by atoms with Crippen LogP contribution in [-0.2, 0) is 9.59 Å². The van der Waals surface area contributed by atoms with Crippen LogP contribution in [0.15, 0.2) is 18.2 Å². The van der Waals surface area contributed by atoms with Gasteiger partial charge in [0.25, 0.3) is 0 Å². The monoisotopic (exact) mass is 277 g/mol. The zero-order chi connectivity index (χ0) is 14.9. The first-order chi connectivity index (χ1) is 9.38. The zero-order valence-corrected chi connectivity index (χ0v) is 12.1. The molecule has 1 N–H and O–H groups in total. The second-order valence-corrected chi connectivity index (χ2v) is 5.96. The molecule has 1 heterocycles. The molecule has 1 saturated heterocycles. The van der Waals surface area contributed by atoms with Crippen molar-refractivity contribution in [2.75, 3.05) is 0 Å². The Morgan fingerprint density at radius 3 is 2.65 bits per heavy atom. The van der Waals surface area contributed by atoms with Gasteiger partial charge in [-0.15, -0.1) is 0 Å². The van der Waals surface area contributed by atoms with Gasteiger partial charge in [-0.3, -0.25) is 14.9 Å². The molecule has 1 aromatic rings. The van der Waals surface area contributed by atoms with E-state index in [0.717, 1.165) is 17.5 Å². The third-order valence-electron chi connectivity index (χ3n) is 3.85. The largest absolute Gasteiger partial charge is 0.296 e. The lowest BCUT2D eigenvalue weighted by molar-refractivity contribution is -0.137. The van der Waals surface area contributed by atoms with E-state index in [4.69, 9.17) is 0 Å². The summed E-state index contributed by atoms with van der Waals surface area (Å²) in [6, 6.07) is 4.55. The van der Waals surface area contributed by atoms with Crippen LogP contribution < -0.4 is 5.32 Å². The average molecular weight is 277 g/mol. The molecular weight excluding hydrogens is 257 g/mol. The first-order valence-electron chi connectivity index (χ1n) is 6.98. The van der Waals surface area contributed by atoms with Gasteiger partial charge in [0.2, 0.25) is 11.8 Å². The van der Waals surface area contributed by atoms with Gasteiger partial charge in [-0.25, -0.2) is 4.39 Å². The minimum Gasteiger partial charge on any atom is -0.296 e.